The standard InChI is InChI=1S/C12H12FN3O2/c1-7-8(12(17)18-2)3-4-9(11(7)13)16-6-5-10(14)15-16/h3-6H,1-2H3,(H2,14,15). The molecule has 1 aromatic heterocycles. The minimum Gasteiger partial charge on any atom is -0.465 e. The van der Waals surface area contributed by atoms with Gasteiger partial charge in [0.15, 0.2) is 5.82 Å². The number of halogens is 1. The molecule has 0 aliphatic carbocycles. The van der Waals surface area contributed by atoms with Gasteiger partial charge in [0.2, 0.25) is 0 Å². The number of nitrogens with zero attached hydrogens (tertiary/aromatic N) is 2. The number of benzene rings is 1. The molecule has 0 fully saturated rings. The predicted octanol–water partition coefficient (Wildman–Crippen LogP) is 1.69. The molecule has 2 rings (SSSR count). The number of carbonyl (C=O) groups is 1. The molecule has 0 radical (unpaired) electrons. The Hall–Kier alpha value is -2.37. The van der Waals surface area contributed by atoms with Crippen molar-refractivity contribution in [3.8, 4) is 5.69 Å². The fourth-order valence-electron chi connectivity index (χ4n) is 1.65. The van der Waals surface area contributed by atoms with E-state index in [1.807, 2.05) is 0 Å². The van der Waals surface area contributed by atoms with E-state index in [0.29, 0.717) is 5.82 Å². The second kappa shape index (κ2) is 4.48. The fraction of sp³-hybridized carbons (Fsp3) is 0.167. The van der Waals surface area contributed by atoms with E-state index in [0.717, 1.165) is 0 Å². The van der Waals surface area contributed by atoms with E-state index in [1.54, 1.807) is 12.3 Å². The Morgan fingerprint density at radius 3 is 2.72 bits per heavy atom. The monoisotopic (exact) mass is 249 g/mol. The minimum absolute atomic E-state index is 0.193. The summed E-state index contributed by atoms with van der Waals surface area (Å²) in [5.41, 5.74) is 6.12. The molecule has 0 unspecified atom stereocenters. The molecule has 0 amide bonds. The third-order valence-electron chi connectivity index (χ3n) is 2.63. The van der Waals surface area contributed by atoms with Crippen molar-refractivity contribution in [2.75, 3.05) is 12.8 Å². The summed E-state index contributed by atoms with van der Waals surface area (Å²) in [4.78, 5) is 11.4. The summed E-state index contributed by atoms with van der Waals surface area (Å²) in [6, 6.07) is 4.52. The number of nitrogens with two attached hydrogens (primary N) is 1. The van der Waals surface area contributed by atoms with Gasteiger partial charge in [-0.15, -0.1) is 0 Å². The highest BCUT2D eigenvalue weighted by molar-refractivity contribution is 5.91. The summed E-state index contributed by atoms with van der Waals surface area (Å²) >= 11 is 0. The first-order valence-corrected chi connectivity index (χ1v) is 5.23. The van der Waals surface area contributed by atoms with Gasteiger partial charge < -0.3 is 10.5 Å². The number of rotatable bonds is 2. The molecule has 0 aliphatic rings. The van der Waals surface area contributed by atoms with Crippen molar-refractivity contribution in [3.05, 3.63) is 41.3 Å². The van der Waals surface area contributed by atoms with Crippen molar-refractivity contribution in [1.29, 1.82) is 0 Å². The molecule has 0 aliphatic heterocycles. The van der Waals surface area contributed by atoms with E-state index in [4.69, 9.17) is 5.73 Å². The number of aromatic nitrogens is 2. The molecule has 2 aromatic rings. The van der Waals surface area contributed by atoms with Gasteiger partial charge in [-0.25, -0.2) is 13.9 Å². The van der Waals surface area contributed by atoms with Gasteiger partial charge in [-0.3, -0.25) is 0 Å². The lowest BCUT2D eigenvalue weighted by atomic mass is 10.1. The molecule has 6 heteroatoms. The summed E-state index contributed by atoms with van der Waals surface area (Å²) < 4.78 is 20.0. The molecule has 0 saturated heterocycles. The molecule has 18 heavy (non-hydrogen) atoms. The number of anilines is 1. The summed E-state index contributed by atoms with van der Waals surface area (Å²) in [6.45, 7) is 1.51. The first-order chi connectivity index (χ1) is 8.54. The molecule has 2 N–H and O–H groups in total. The molecule has 0 bridgehead atoms. The smallest absolute Gasteiger partial charge is 0.338 e. The van der Waals surface area contributed by atoms with Crippen molar-refractivity contribution in [1.82, 2.24) is 9.78 Å². The van der Waals surface area contributed by atoms with Crippen molar-refractivity contribution < 1.29 is 13.9 Å². The number of carbonyl (C=O) groups excluding carboxylic acids is 1. The highest BCUT2D eigenvalue weighted by atomic mass is 19.1. The Labute approximate surface area is 103 Å². The number of methoxy groups -OCH3 is 1. The van der Waals surface area contributed by atoms with Crippen molar-refractivity contribution in [2.45, 2.75) is 6.92 Å². The number of ether oxygens (including phenoxy) is 1. The zero-order valence-electron chi connectivity index (χ0n) is 9.98. The van der Waals surface area contributed by atoms with Gasteiger partial charge in [0.1, 0.15) is 11.5 Å². The number of nitrogen functional groups attached to an aromatic ring is 1. The SMILES string of the molecule is COC(=O)c1ccc(-n2ccc(N)n2)c(F)c1C. The van der Waals surface area contributed by atoms with E-state index < -0.39 is 11.8 Å². The summed E-state index contributed by atoms with van der Waals surface area (Å²) in [5.74, 6) is -0.803. The van der Waals surface area contributed by atoms with Gasteiger partial charge in [0, 0.05) is 17.8 Å². The lowest BCUT2D eigenvalue weighted by Crippen LogP contribution is -2.08. The Morgan fingerprint density at radius 1 is 1.44 bits per heavy atom. The second-order valence-corrected chi connectivity index (χ2v) is 3.75. The van der Waals surface area contributed by atoms with Gasteiger partial charge in [-0.1, -0.05) is 0 Å². The topological polar surface area (TPSA) is 70.1 Å². The highest BCUT2D eigenvalue weighted by Gasteiger charge is 2.16. The van der Waals surface area contributed by atoms with Crippen LogP contribution in [0.15, 0.2) is 24.4 Å². The third kappa shape index (κ3) is 1.92. The average Bonchev–Trinajstić information content (AvgIpc) is 2.78. The van der Waals surface area contributed by atoms with Crippen molar-refractivity contribution in [2.24, 2.45) is 0 Å². The number of hydrogen-bond donors (Lipinski definition) is 1. The predicted molar refractivity (Wildman–Crippen MR) is 64.0 cm³/mol. The summed E-state index contributed by atoms with van der Waals surface area (Å²) in [7, 11) is 1.25. The van der Waals surface area contributed by atoms with Crippen molar-refractivity contribution in [3.63, 3.8) is 0 Å². The van der Waals surface area contributed by atoms with Gasteiger partial charge in [0.05, 0.1) is 12.7 Å². The van der Waals surface area contributed by atoms with Crippen LogP contribution in [0.2, 0.25) is 0 Å². The maximum atomic E-state index is 14.1. The molecule has 0 saturated carbocycles. The quantitative estimate of drug-likeness (QED) is 0.822. The Bertz CT molecular complexity index is 607. The Kier molecular flexibility index (Phi) is 3.01. The van der Waals surface area contributed by atoms with E-state index in [1.165, 1.54) is 30.8 Å². The molecule has 94 valence electrons. The van der Waals surface area contributed by atoms with Crippen LogP contribution < -0.4 is 5.73 Å². The average molecular weight is 249 g/mol. The lowest BCUT2D eigenvalue weighted by Gasteiger charge is -2.09. The van der Waals surface area contributed by atoms with Crippen LogP contribution >= 0.6 is 0 Å². The van der Waals surface area contributed by atoms with Crippen molar-refractivity contribution >= 4 is 11.8 Å². The van der Waals surface area contributed by atoms with Gasteiger partial charge in [0.25, 0.3) is 0 Å². The van der Waals surface area contributed by atoms with Crippen LogP contribution in [0.4, 0.5) is 10.2 Å². The second-order valence-electron chi connectivity index (χ2n) is 3.75. The van der Waals surface area contributed by atoms with E-state index >= 15 is 0 Å². The molecule has 0 spiro atoms. The maximum absolute atomic E-state index is 14.1. The molecular formula is C12H12FN3O2. The normalized spacial score (nSPS) is 10.4. The third-order valence-corrected chi connectivity index (χ3v) is 2.63. The Morgan fingerprint density at radius 2 is 2.17 bits per heavy atom. The highest BCUT2D eigenvalue weighted by Crippen LogP contribution is 2.21. The van der Waals surface area contributed by atoms with E-state index in [-0.39, 0.29) is 16.8 Å². The molecule has 1 aromatic carbocycles. The lowest BCUT2D eigenvalue weighted by molar-refractivity contribution is 0.0599. The van der Waals surface area contributed by atoms with Crippen LogP contribution in [-0.4, -0.2) is 22.9 Å². The van der Waals surface area contributed by atoms with Crippen LogP contribution in [0, 0.1) is 12.7 Å². The van der Waals surface area contributed by atoms with Gasteiger partial charge in [-0.05, 0) is 19.1 Å². The molecular weight excluding hydrogens is 237 g/mol. The summed E-state index contributed by atoms with van der Waals surface area (Å²) in [5, 5.41) is 3.92. The van der Waals surface area contributed by atoms with Crippen LogP contribution in [0.3, 0.4) is 0 Å². The summed E-state index contributed by atoms with van der Waals surface area (Å²) in [6.07, 6.45) is 1.55. The zero-order valence-corrected chi connectivity index (χ0v) is 9.98. The molecule has 1 heterocycles. The maximum Gasteiger partial charge on any atom is 0.338 e. The zero-order chi connectivity index (χ0) is 13.3. The van der Waals surface area contributed by atoms with Crippen LogP contribution in [-0.2, 0) is 4.74 Å². The Balaban J connectivity index is 2.53. The minimum atomic E-state index is -0.571. The number of esters is 1. The largest absolute Gasteiger partial charge is 0.465 e. The van der Waals surface area contributed by atoms with Crippen LogP contribution in [0.1, 0.15) is 15.9 Å². The van der Waals surface area contributed by atoms with E-state index in [9.17, 15) is 9.18 Å². The fourth-order valence-corrected chi connectivity index (χ4v) is 1.65. The van der Waals surface area contributed by atoms with E-state index in [2.05, 4.69) is 9.84 Å². The first-order valence-electron chi connectivity index (χ1n) is 5.23. The molecule has 0 atom stereocenters. The first kappa shape index (κ1) is 12.1. The van der Waals surface area contributed by atoms with Gasteiger partial charge in [-0.2, -0.15) is 5.10 Å². The van der Waals surface area contributed by atoms with Crippen LogP contribution in [0.25, 0.3) is 5.69 Å². The van der Waals surface area contributed by atoms with Gasteiger partial charge >= 0.3 is 5.97 Å². The molecule has 5 nitrogen and oxygen atoms in total. The van der Waals surface area contributed by atoms with Crippen LogP contribution in [0.5, 0.6) is 0 Å². The number of hydrogen-bond acceptors (Lipinski definition) is 4.